The smallest absolute Gasteiger partial charge is 0.250 e. The number of nitrogens with two attached hydrogens (primary N) is 1. The molecule has 0 radical (unpaired) electrons. The molecular weight excluding hydrogens is 224 g/mol. The highest BCUT2D eigenvalue weighted by molar-refractivity contribution is 7.98. The second kappa shape index (κ2) is 7.14. The lowest BCUT2D eigenvalue weighted by Gasteiger charge is -2.20. The molecule has 94 valence electrons. The van der Waals surface area contributed by atoms with Crippen molar-refractivity contribution >= 4 is 17.7 Å². The fourth-order valence-electron chi connectivity index (χ4n) is 1.96. The fraction of sp³-hybridized carbons (Fsp3) is 0.909. The van der Waals surface area contributed by atoms with E-state index in [2.05, 4.69) is 5.32 Å². The molecule has 1 amide bonds. The summed E-state index contributed by atoms with van der Waals surface area (Å²) in [5.74, 6) is 0.565. The predicted molar refractivity (Wildman–Crippen MR) is 67.4 cm³/mol. The molecule has 0 aliphatic heterocycles. The van der Waals surface area contributed by atoms with E-state index in [-0.39, 0.29) is 11.9 Å². The largest absolute Gasteiger partial charge is 0.382 e. The maximum atomic E-state index is 11.7. The number of aliphatic hydroxyl groups is 1. The van der Waals surface area contributed by atoms with Gasteiger partial charge in [0.05, 0.1) is 0 Å². The number of hydrogen-bond acceptors (Lipinski definition) is 4. The Hall–Kier alpha value is -0.260. The first kappa shape index (κ1) is 13.8. The molecule has 0 aromatic carbocycles. The number of thioether (sulfide) groups is 1. The van der Waals surface area contributed by atoms with Crippen LogP contribution in [0.1, 0.15) is 32.1 Å². The zero-order valence-corrected chi connectivity index (χ0v) is 10.6. The highest BCUT2D eigenvalue weighted by Crippen LogP contribution is 2.17. The Morgan fingerprint density at radius 3 is 2.75 bits per heavy atom. The zero-order chi connectivity index (χ0) is 12.0. The van der Waals surface area contributed by atoms with Crippen LogP contribution >= 0.6 is 11.8 Å². The van der Waals surface area contributed by atoms with E-state index in [1.54, 1.807) is 11.8 Å². The van der Waals surface area contributed by atoms with E-state index < -0.39 is 12.1 Å². The van der Waals surface area contributed by atoms with Crippen molar-refractivity contribution < 1.29 is 9.90 Å². The van der Waals surface area contributed by atoms with Gasteiger partial charge in [-0.2, -0.15) is 11.8 Å². The molecule has 1 aliphatic rings. The summed E-state index contributed by atoms with van der Waals surface area (Å²) >= 11 is 1.67. The van der Waals surface area contributed by atoms with Crippen LogP contribution in [0, 0.1) is 0 Å². The number of aliphatic hydroxyl groups excluding tert-OH is 1. The second-order valence-corrected chi connectivity index (χ2v) is 5.37. The zero-order valence-electron chi connectivity index (χ0n) is 9.82. The number of carbonyl (C=O) groups is 1. The lowest BCUT2D eigenvalue weighted by atomic mass is 10.1. The highest BCUT2D eigenvalue weighted by atomic mass is 32.2. The molecule has 4 N–H and O–H groups in total. The first-order valence-electron chi connectivity index (χ1n) is 5.88. The van der Waals surface area contributed by atoms with Crippen LogP contribution in [-0.2, 0) is 4.79 Å². The Kier molecular flexibility index (Phi) is 6.16. The minimum atomic E-state index is -1.06. The van der Waals surface area contributed by atoms with E-state index in [1.807, 2.05) is 6.26 Å². The topological polar surface area (TPSA) is 75.3 Å². The fourth-order valence-corrected chi connectivity index (χ4v) is 2.47. The molecule has 5 heteroatoms. The number of carbonyl (C=O) groups excluding carboxylic acids is 1. The molecule has 0 aromatic heterocycles. The lowest BCUT2D eigenvalue weighted by molar-refractivity contribution is -0.131. The average molecular weight is 246 g/mol. The van der Waals surface area contributed by atoms with Crippen LogP contribution in [0.25, 0.3) is 0 Å². The molecule has 0 spiro atoms. The monoisotopic (exact) mass is 246 g/mol. The van der Waals surface area contributed by atoms with Gasteiger partial charge in [0.1, 0.15) is 6.10 Å². The van der Waals surface area contributed by atoms with Gasteiger partial charge in [0.15, 0.2) is 0 Å². The first-order chi connectivity index (χ1) is 7.65. The number of amides is 1. The van der Waals surface area contributed by atoms with Crippen LogP contribution in [0.2, 0.25) is 0 Å². The predicted octanol–water partition coefficient (Wildman–Crippen LogP) is 0.486. The normalized spacial score (nSPS) is 20.7. The Morgan fingerprint density at radius 2 is 2.19 bits per heavy atom. The van der Waals surface area contributed by atoms with Gasteiger partial charge in [-0.25, -0.2) is 0 Å². The molecule has 1 rings (SSSR count). The third kappa shape index (κ3) is 4.31. The Morgan fingerprint density at radius 1 is 1.56 bits per heavy atom. The van der Waals surface area contributed by atoms with Crippen molar-refractivity contribution in [2.24, 2.45) is 5.73 Å². The van der Waals surface area contributed by atoms with Gasteiger partial charge in [0.2, 0.25) is 0 Å². The Balaban J connectivity index is 2.28. The molecule has 2 atom stereocenters. The van der Waals surface area contributed by atoms with E-state index in [0.29, 0.717) is 6.42 Å². The number of nitrogens with one attached hydrogen (secondary N) is 1. The lowest BCUT2D eigenvalue weighted by Crippen LogP contribution is -2.49. The van der Waals surface area contributed by atoms with Gasteiger partial charge in [-0.3, -0.25) is 4.79 Å². The molecule has 1 aliphatic carbocycles. The summed E-state index contributed by atoms with van der Waals surface area (Å²) in [6.45, 7) is 0. The van der Waals surface area contributed by atoms with E-state index >= 15 is 0 Å². The summed E-state index contributed by atoms with van der Waals surface area (Å²) in [7, 11) is 0. The molecule has 0 bridgehead atoms. The van der Waals surface area contributed by atoms with Crippen LogP contribution in [0.3, 0.4) is 0 Å². The van der Waals surface area contributed by atoms with Gasteiger partial charge in [-0.1, -0.05) is 12.8 Å². The van der Waals surface area contributed by atoms with Gasteiger partial charge in [-0.15, -0.1) is 0 Å². The van der Waals surface area contributed by atoms with Crippen molar-refractivity contribution in [3.63, 3.8) is 0 Å². The average Bonchev–Trinajstić information content (AvgIpc) is 2.77. The molecule has 16 heavy (non-hydrogen) atoms. The van der Waals surface area contributed by atoms with Crippen molar-refractivity contribution in [2.45, 2.75) is 50.3 Å². The van der Waals surface area contributed by atoms with Crippen LogP contribution in [0.4, 0.5) is 0 Å². The van der Waals surface area contributed by atoms with Crippen LogP contribution in [0.15, 0.2) is 0 Å². The third-order valence-electron chi connectivity index (χ3n) is 3.03. The van der Waals surface area contributed by atoms with E-state index in [0.717, 1.165) is 18.6 Å². The summed E-state index contributed by atoms with van der Waals surface area (Å²) in [4.78, 5) is 11.7. The van der Waals surface area contributed by atoms with E-state index in [9.17, 15) is 9.90 Å². The standard InChI is InChI=1S/C11H22N2O2S/c1-16-7-6-9(12)10(14)11(15)13-8-4-2-3-5-8/h8-10,14H,2-7,12H2,1H3,(H,13,15)/t9-,10?/m0/s1. The van der Waals surface area contributed by atoms with Crippen molar-refractivity contribution in [3.8, 4) is 0 Å². The van der Waals surface area contributed by atoms with Gasteiger partial charge in [0.25, 0.3) is 5.91 Å². The number of rotatable bonds is 6. The van der Waals surface area contributed by atoms with Crippen molar-refractivity contribution in [3.05, 3.63) is 0 Å². The second-order valence-electron chi connectivity index (χ2n) is 4.38. The minimum Gasteiger partial charge on any atom is -0.382 e. The summed E-state index contributed by atoms with van der Waals surface area (Å²) in [5.41, 5.74) is 5.75. The van der Waals surface area contributed by atoms with Gasteiger partial charge < -0.3 is 16.2 Å². The highest BCUT2D eigenvalue weighted by Gasteiger charge is 2.25. The molecule has 0 saturated heterocycles. The quantitative estimate of drug-likeness (QED) is 0.637. The van der Waals surface area contributed by atoms with E-state index in [4.69, 9.17) is 5.73 Å². The van der Waals surface area contributed by atoms with Gasteiger partial charge >= 0.3 is 0 Å². The Bertz CT molecular complexity index is 220. The summed E-state index contributed by atoms with van der Waals surface area (Å²) < 4.78 is 0. The molecular formula is C11H22N2O2S. The van der Waals surface area contributed by atoms with Crippen molar-refractivity contribution in [2.75, 3.05) is 12.0 Å². The van der Waals surface area contributed by atoms with Crippen LogP contribution in [-0.4, -0.2) is 41.2 Å². The van der Waals surface area contributed by atoms with Crippen LogP contribution in [0.5, 0.6) is 0 Å². The molecule has 4 nitrogen and oxygen atoms in total. The SMILES string of the molecule is CSCC[C@H](N)C(O)C(=O)NC1CCCC1. The summed E-state index contributed by atoms with van der Waals surface area (Å²) in [6.07, 6.45) is 5.97. The maximum Gasteiger partial charge on any atom is 0.250 e. The summed E-state index contributed by atoms with van der Waals surface area (Å²) in [6, 6.07) is -0.205. The Labute approximate surface area is 101 Å². The molecule has 0 aromatic rings. The molecule has 1 saturated carbocycles. The van der Waals surface area contributed by atoms with E-state index in [1.165, 1.54) is 12.8 Å². The third-order valence-corrected chi connectivity index (χ3v) is 3.67. The minimum absolute atomic E-state index is 0.245. The van der Waals surface area contributed by atoms with Gasteiger partial charge in [-0.05, 0) is 31.3 Å². The van der Waals surface area contributed by atoms with Crippen molar-refractivity contribution in [1.82, 2.24) is 5.32 Å². The maximum absolute atomic E-state index is 11.7. The molecule has 0 heterocycles. The first-order valence-corrected chi connectivity index (χ1v) is 7.27. The summed E-state index contributed by atoms with van der Waals surface area (Å²) in [5, 5.41) is 12.6. The van der Waals surface area contributed by atoms with Crippen molar-refractivity contribution in [1.29, 1.82) is 0 Å². The molecule has 1 fully saturated rings. The molecule has 1 unspecified atom stereocenters. The number of hydrogen-bond donors (Lipinski definition) is 3. The van der Waals surface area contributed by atoms with Gasteiger partial charge in [0, 0.05) is 12.1 Å². The van der Waals surface area contributed by atoms with Crippen LogP contribution < -0.4 is 11.1 Å².